The van der Waals surface area contributed by atoms with Gasteiger partial charge in [0, 0.05) is 41.6 Å². The number of nitrogens with one attached hydrogen (secondary N) is 1. The van der Waals surface area contributed by atoms with Crippen LogP contribution >= 0.6 is 11.6 Å². The van der Waals surface area contributed by atoms with Gasteiger partial charge in [-0.15, -0.1) is 0 Å². The fourth-order valence-electron chi connectivity index (χ4n) is 3.47. The lowest BCUT2D eigenvalue weighted by atomic mass is 10.1. The maximum atomic E-state index is 13.5. The van der Waals surface area contributed by atoms with E-state index < -0.39 is 5.97 Å². The lowest BCUT2D eigenvalue weighted by Crippen LogP contribution is -2.15. The standard InChI is InChI=1S/C22H22ClFN2O2/c1-14-19(12-25-11-17-7-3-4-9-20(17)23)21(22(27)28)15(2)26(14)13-16-6-5-8-18(24)10-16/h3-10,25H,11-13H2,1-2H3,(H,27,28). The molecule has 0 saturated heterocycles. The summed E-state index contributed by atoms with van der Waals surface area (Å²) in [7, 11) is 0. The molecule has 0 aliphatic rings. The molecular weight excluding hydrogens is 379 g/mol. The smallest absolute Gasteiger partial charge is 0.337 e. The minimum atomic E-state index is -0.965. The van der Waals surface area contributed by atoms with Gasteiger partial charge < -0.3 is 15.0 Å². The van der Waals surface area contributed by atoms with Crippen molar-refractivity contribution in [3.8, 4) is 0 Å². The molecule has 0 unspecified atom stereocenters. The summed E-state index contributed by atoms with van der Waals surface area (Å²) in [4.78, 5) is 11.9. The van der Waals surface area contributed by atoms with E-state index in [0.29, 0.717) is 35.9 Å². The predicted octanol–water partition coefficient (Wildman–Crippen LogP) is 4.93. The second-order valence-corrected chi connectivity index (χ2v) is 7.15. The zero-order chi connectivity index (χ0) is 20.3. The van der Waals surface area contributed by atoms with Crippen molar-refractivity contribution in [2.24, 2.45) is 0 Å². The zero-order valence-electron chi connectivity index (χ0n) is 15.8. The number of aromatic nitrogens is 1. The zero-order valence-corrected chi connectivity index (χ0v) is 16.6. The molecule has 28 heavy (non-hydrogen) atoms. The van der Waals surface area contributed by atoms with Crippen LogP contribution in [-0.4, -0.2) is 15.6 Å². The number of hydrogen-bond donors (Lipinski definition) is 2. The Morgan fingerprint density at radius 2 is 1.86 bits per heavy atom. The SMILES string of the molecule is Cc1c(CNCc2ccccc2Cl)c(C(=O)O)c(C)n1Cc1cccc(F)c1. The minimum absolute atomic E-state index is 0.292. The van der Waals surface area contributed by atoms with Crippen LogP contribution in [-0.2, 0) is 19.6 Å². The highest BCUT2D eigenvalue weighted by molar-refractivity contribution is 6.31. The lowest BCUT2D eigenvalue weighted by Gasteiger charge is -2.11. The molecule has 0 atom stereocenters. The van der Waals surface area contributed by atoms with Crippen molar-refractivity contribution >= 4 is 17.6 Å². The molecular formula is C22H22ClFN2O2. The normalized spacial score (nSPS) is 11.0. The molecule has 0 bridgehead atoms. The molecule has 0 aliphatic carbocycles. The highest BCUT2D eigenvalue weighted by Gasteiger charge is 2.22. The largest absolute Gasteiger partial charge is 0.478 e. The van der Waals surface area contributed by atoms with Crippen molar-refractivity contribution < 1.29 is 14.3 Å². The number of aromatic carboxylic acids is 1. The topological polar surface area (TPSA) is 54.3 Å². The van der Waals surface area contributed by atoms with Gasteiger partial charge >= 0.3 is 5.97 Å². The van der Waals surface area contributed by atoms with Gasteiger partial charge in [0.2, 0.25) is 0 Å². The Morgan fingerprint density at radius 3 is 2.54 bits per heavy atom. The first kappa shape index (κ1) is 20.1. The van der Waals surface area contributed by atoms with Crippen LogP contribution in [0.5, 0.6) is 0 Å². The molecule has 6 heteroatoms. The van der Waals surface area contributed by atoms with E-state index in [-0.39, 0.29) is 5.82 Å². The van der Waals surface area contributed by atoms with Gasteiger partial charge in [0.15, 0.2) is 0 Å². The Hall–Kier alpha value is -2.63. The molecule has 3 aromatic rings. The summed E-state index contributed by atoms with van der Waals surface area (Å²) in [5, 5.41) is 13.7. The first-order valence-corrected chi connectivity index (χ1v) is 9.36. The molecule has 2 aromatic carbocycles. The van der Waals surface area contributed by atoms with E-state index in [1.807, 2.05) is 41.8 Å². The van der Waals surface area contributed by atoms with Gasteiger partial charge in [-0.3, -0.25) is 0 Å². The number of hydrogen-bond acceptors (Lipinski definition) is 2. The van der Waals surface area contributed by atoms with Crippen molar-refractivity contribution in [2.75, 3.05) is 0 Å². The number of rotatable bonds is 7. The van der Waals surface area contributed by atoms with Crippen LogP contribution in [0.4, 0.5) is 4.39 Å². The third kappa shape index (κ3) is 4.26. The van der Waals surface area contributed by atoms with Gasteiger partial charge in [-0.1, -0.05) is 41.9 Å². The van der Waals surface area contributed by atoms with Crippen LogP contribution in [0.2, 0.25) is 5.02 Å². The Balaban J connectivity index is 1.86. The first-order valence-electron chi connectivity index (χ1n) is 8.99. The number of carboxylic acid groups (broad SMARTS) is 1. The number of halogens is 2. The van der Waals surface area contributed by atoms with E-state index in [4.69, 9.17) is 11.6 Å². The Labute approximate surface area is 168 Å². The summed E-state index contributed by atoms with van der Waals surface area (Å²) in [5.41, 5.74) is 4.27. The van der Waals surface area contributed by atoms with Crippen LogP contribution in [0.1, 0.15) is 38.4 Å². The van der Waals surface area contributed by atoms with Crippen molar-refractivity contribution in [1.82, 2.24) is 9.88 Å². The van der Waals surface area contributed by atoms with Crippen molar-refractivity contribution in [3.63, 3.8) is 0 Å². The quantitative estimate of drug-likeness (QED) is 0.591. The monoisotopic (exact) mass is 400 g/mol. The van der Waals surface area contributed by atoms with Crippen molar-refractivity contribution in [3.05, 3.63) is 93.0 Å². The van der Waals surface area contributed by atoms with E-state index in [0.717, 1.165) is 22.4 Å². The second-order valence-electron chi connectivity index (χ2n) is 6.74. The highest BCUT2D eigenvalue weighted by Crippen LogP contribution is 2.24. The third-order valence-electron chi connectivity index (χ3n) is 4.93. The highest BCUT2D eigenvalue weighted by atomic mass is 35.5. The molecule has 3 rings (SSSR count). The van der Waals surface area contributed by atoms with Gasteiger partial charge in [0.25, 0.3) is 0 Å². The number of nitrogens with zero attached hydrogens (tertiary/aromatic N) is 1. The number of carboxylic acids is 1. The van der Waals surface area contributed by atoms with E-state index in [2.05, 4.69) is 5.32 Å². The van der Waals surface area contributed by atoms with Crippen LogP contribution < -0.4 is 5.32 Å². The molecule has 2 N–H and O–H groups in total. The summed E-state index contributed by atoms with van der Waals surface area (Å²) in [6.45, 7) is 5.03. The molecule has 1 heterocycles. The van der Waals surface area contributed by atoms with Crippen LogP contribution in [0.3, 0.4) is 0 Å². The van der Waals surface area contributed by atoms with Crippen molar-refractivity contribution in [2.45, 2.75) is 33.5 Å². The van der Waals surface area contributed by atoms with Gasteiger partial charge in [-0.05, 0) is 43.2 Å². The van der Waals surface area contributed by atoms with E-state index in [1.54, 1.807) is 13.0 Å². The molecule has 0 saturated carbocycles. The summed E-state index contributed by atoms with van der Waals surface area (Å²) < 4.78 is 15.4. The van der Waals surface area contributed by atoms with Crippen LogP contribution in [0, 0.1) is 19.7 Å². The molecule has 0 fully saturated rings. The number of carbonyl (C=O) groups is 1. The molecule has 1 aromatic heterocycles. The summed E-state index contributed by atoms with van der Waals surface area (Å²) in [6, 6.07) is 13.9. The molecule has 0 radical (unpaired) electrons. The maximum absolute atomic E-state index is 13.5. The molecule has 0 aliphatic heterocycles. The Kier molecular flexibility index (Phi) is 6.17. The molecule has 146 valence electrons. The fourth-order valence-corrected chi connectivity index (χ4v) is 3.67. The average molecular weight is 401 g/mol. The van der Waals surface area contributed by atoms with Gasteiger partial charge in [0.05, 0.1) is 5.56 Å². The average Bonchev–Trinajstić information content (AvgIpc) is 2.88. The summed E-state index contributed by atoms with van der Waals surface area (Å²) in [5.74, 6) is -1.27. The van der Waals surface area contributed by atoms with E-state index >= 15 is 0 Å². The van der Waals surface area contributed by atoms with E-state index in [9.17, 15) is 14.3 Å². The third-order valence-corrected chi connectivity index (χ3v) is 5.30. The summed E-state index contributed by atoms with van der Waals surface area (Å²) in [6.07, 6.45) is 0. The maximum Gasteiger partial charge on any atom is 0.337 e. The summed E-state index contributed by atoms with van der Waals surface area (Å²) >= 11 is 6.18. The lowest BCUT2D eigenvalue weighted by molar-refractivity contribution is 0.0694. The van der Waals surface area contributed by atoms with Crippen LogP contribution in [0.25, 0.3) is 0 Å². The van der Waals surface area contributed by atoms with Crippen molar-refractivity contribution in [1.29, 1.82) is 0 Å². The van der Waals surface area contributed by atoms with Gasteiger partial charge in [-0.2, -0.15) is 0 Å². The van der Waals surface area contributed by atoms with Gasteiger partial charge in [0.1, 0.15) is 5.82 Å². The van der Waals surface area contributed by atoms with E-state index in [1.165, 1.54) is 12.1 Å². The Bertz CT molecular complexity index is 1010. The molecule has 4 nitrogen and oxygen atoms in total. The molecule has 0 amide bonds. The Morgan fingerprint density at radius 1 is 1.11 bits per heavy atom. The van der Waals surface area contributed by atoms with Crippen LogP contribution in [0.15, 0.2) is 48.5 Å². The van der Waals surface area contributed by atoms with Gasteiger partial charge in [-0.25, -0.2) is 9.18 Å². The fraction of sp³-hybridized carbons (Fsp3) is 0.227. The molecule has 0 spiro atoms. The second kappa shape index (κ2) is 8.59. The number of benzene rings is 2. The predicted molar refractivity (Wildman–Crippen MR) is 108 cm³/mol. The first-order chi connectivity index (χ1) is 13.4. The minimum Gasteiger partial charge on any atom is -0.478 e.